The Bertz CT molecular complexity index is 556. The third-order valence-corrected chi connectivity index (χ3v) is 4.76. The van der Waals surface area contributed by atoms with Crippen molar-refractivity contribution in [2.24, 2.45) is 0 Å². The summed E-state index contributed by atoms with van der Waals surface area (Å²) in [6.45, 7) is 6.07. The number of nitrogens with one attached hydrogen (secondary N) is 1. The molecule has 0 spiro atoms. The van der Waals surface area contributed by atoms with Gasteiger partial charge in [-0.25, -0.2) is 13.1 Å². The SMILES string of the molecule is CCCCS(=O)(=O)NCC(=O)N(Cc1ccccc1)C(C)C. The smallest absolute Gasteiger partial charge is 0.238 e. The maximum Gasteiger partial charge on any atom is 0.238 e. The molecular formula is C16H26N2O3S. The van der Waals surface area contributed by atoms with Gasteiger partial charge in [0, 0.05) is 12.6 Å². The first-order valence-corrected chi connectivity index (χ1v) is 9.31. The normalized spacial score (nSPS) is 11.6. The Morgan fingerprint density at radius 2 is 1.86 bits per heavy atom. The number of nitrogens with zero attached hydrogens (tertiary/aromatic N) is 1. The minimum absolute atomic E-state index is 0.00727. The topological polar surface area (TPSA) is 66.5 Å². The van der Waals surface area contributed by atoms with Crippen molar-refractivity contribution in [3.05, 3.63) is 35.9 Å². The van der Waals surface area contributed by atoms with Gasteiger partial charge in [0.15, 0.2) is 0 Å². The average molecular weight is 326 g/mol. The van der Waals surface area contributed by atoms with Crippen LogP contribution in [0.15, 0.2) is 30.3 Å². The molecule has 1 N–H and O–H groups in total. The molecule has 0 saturated carbocycles. The van der Waals surface area contributed by atoms with Crippen molar-refractivity contribution in [2.45, 2.75) is 46.2 Å². The highest BCUT2D eigenvalue weighted by Crippen LogP contribution is 2.08. The van der Waals surface area contributed by atoms with Crippen LogP contribution in [-0.4, -0.2) is 37.6 Å². The molecular weight excluding hydrogens is 300 g/mol. The molecule has 0 unspecified atom stereocenters. The number of hydrogen-bond donors (Lipinski definition) is 1. The summed E-state index contributed by atoms with van der Waals surface area (Å²) >= 11 is 0. The fourth-order valence-electron chi connectivity index (χ4n) is 2.02. The Kier molecular flexibility index (Phi) is 7.55. The number of carbonyl (C=O) groups excluding carboxylic acids is 1. The molecule has 0 bridgehead atoms. The largest absolute Gasteiger partial charge is 0.335 e. The number of sulfonamides is 1. The Balaban J connectivity index is 2.63. The number of unbranched alkanes of at least 4 members (excludes halogenated alkanes) is 1. The minimum Gasteiger partial charge on any atom is -0.335 e. The van der Waals surface area contributed by atoms with Crippen LogP contribution in [-0.2, 0) is 21.4 Å². The van der Waals surface area contributed by atoms with E-state index in [1.54, 1.807) is 4.90 Å². The first-order chi connectivity index (χ1) is 10.4. The van der Waals surface area contributed by atoms with Gasteiger partial charge in [-0.05, 0) is 25.8 Å². The van der Waals surface area contributed by atoms with E-state index in [4.69, 9.17) is 0 Å². The van der Waals surface area contributed by atoms with Crippen LogP contribution in [0.1, 0.15) is 39.2 Å². The summed E-state index contributed by atoms with van der Waals surface area (Å²) in [5.41, 5.74) is 1.03. The molecule has 0 aromatic heterocycles. The van der Waals surface area contributed by atoms with Crippen LogP contribution >= 0.6 is 0 Å². The first-order valence-electron chi connectivity index (χ1n) is 7.66. The summed E-state index contributed by atoms with van der Waals surface area (Å²) in [5, 5.41) is 0. The van der Waals surface area contributed by atoms with E-state index >= 15 is 0 Å². The van der Waals surface area contributed by atoms with E-state index in [9.17, 15) is 13.2 Å². The van der Waals surface area contributed by atoms with E-state index in [1.165, 1.54) is 0 Å². The van der Waals surface area contributed by atoms with Crippen LogP contribution in [0.3, 0.4) is 0 Å². The van der Waals surface area contributed by atoms with Gasteiger partial charge in [-0.3, -0.25) is 4.79 Å². The van der Waals surface area contributed by atoms with E-state index in [0.717, 1.165) is 12.0 Å². The van der Waals surface area contributed by atoms with Crippen LogP contribution in [0.25, 0.3) is 0 Å². The van der Waals surface area contributed by atoms with E-state index in [1.807, 2.05) is 51.1 Å². The zero-order valence-corrected chi connectivity index (χ0v) is 14.4. The molecule has 0 radical (unpaired) electrons. The molecule has 0 atom stereocenters. The molecule has 1 rings (SSSR count). The van der Waals surface area contributed by atoms with Gasteiger partial charge < -0.3 is 4.90 Å². The van der Waals surface area contributed by atoms with Gasteiger partial charge >= 0.3 is 0 Å². The lowest BCUT2D eigenvalue weighted by atomic mass is 10.2. The Labute approximate surface area is 133 Å². The molecule has 0 aliphatic carbocycles. The van der Waals surface area contributed by atoms with Gasteiger partial charge in [0.1, 0.15) is 0 Å². The third-order valence-electron chi connectivity index (χ3n) is 3.35. The number of benzene rings is 1. The van der Waals surface area contributed by atoms with E-state index in [-0.39, 0.29) is 24.2 Å². The second-order valence-corrected chi connectivity index (χ2v) is 7.52. The molecule has 1 aromatic rings. The maximum atomic E-state index is 12.3. The summed E-state index contributed by atoms with van der Waals surface area (Å²) < 4.78 is 25.9. The summed E-state index contributed by atoms with van der Waals surface area (Å²) in [6, 6.07) is 9.68. The molecule has 22 heavy (non-hydrogen) atoms. The highest BCUT2D eigenvalue weighted by Gasteiger charge is 2.19. The summed E-state index contributed by atoms with van der Waals surface area (Å²) in [4.78, 5) is 14.0. The predicted octanol–water partition coefficient (Wildman–Crippen LogP) is 2.14. The van der Waals surface area contributed by atoms with Gasteiger partial charge in [0.05, 0.1) is 12.3 Å². The van der Waals surface area contributed by atoms with E-state index in [0.29, 0.717) is 13.0 Å². The summed E-state index contributed by atoms with van der Waals surface area (Å²) in [7, 11) is -3.37. The molecule has 0 saturated heterocycles. The van der Waals surface area contributed by atoms with Gasteiger partial charge in [-0.15, -0.1) is 0 Å². The van der Waals surface area contributed by atoms with Crippen molar-refractivity contribution in [1.29, 1.82) is 0 Å². The molecule has 1 amide bonds. The quantitative estimate of drug-likeness (QED) is 0.756. The lowest BCUT2D eigenvalue weighted by molar-refractivity contribution is -0.132. The standard InChI is InChI=1S/C16H26N2O3S/c1-4-5-11-22(20,21)17-12-16(19)18(14(2)3)13-15-9-7-6-8-10-15/h6-10,14,17H,4-5,11-13H2,1-3H3. The van der Waals surface area contributed by atoms with Gasteiger partial charge in [0.25, 0.3) is 0 Å². The second kappa shape index (κ2) is 8.90. The second-order valence-electron chi connectivity index (χ2n) is 5.59. The number of carbonyl (C=O) groups is 1. The van der Waals surface area contributed by atoms with Gasteiger partial charge in [-0.1, -0.05) is 43.7 Å². The van der Waals surface area contributed by atoms with Gasteiger partial charge in [-0.2, -0.15) is 0 Å². The summed E-state index contributed by atoms with van der Waals surface area (Å²) in [6.07, 6.45) is 1.41. The summed E-state index contributed by atoms with van der Waals surface area (Å²) in [5.74, 6) is -0.143. The molecule has 0 aliphatic rings. The van der Waals surface area contributed by atoms with Crippen molar-refractivity contribution >= 4 is 15.9 Å². The van der Waals surface area contributed by atoms with Crippen LogP contribution in [0.4, 0.5) is 0 Å². The van der Waals surface area contributed by atoms with E-state index in [2.05, 4.69) is 4.72 Å². The van der Waals surface area contributed by atoms with Crippen LogP contribution in [0.5, 0.6) is 0 Å². The lowest BCUT2D eigenvalue weighted by Crippen LogP contribution is -2.43. The highest BCUT2D eigenvalue weighted by molar-refractivity contribution is 7.89. The molecule has 0 aliphatic heterocycles. The predicted molar refractivity (Wildman–Crippen MR) is 88.8 cm³/mol. The Morgan fingerprint density at radius 3 is 2.41 bits per heavy atom. The third kappa shape index (κ3) is 6.58. The van der Waals surface area contributed by atoms with Crippen molar-refractivity contribution in [3.63, 3.8) is 0 Å². The number of rotatable bonds is 9. The fraction of sp³-hybridized carbons (Fsp3) is 0.562. The number of amides is 1. The highest BCUT2D eigenvalue weighted by atomic mass is 32.2. The molecule has 124 valence electrons. The fourth-order valence-corrected chi connectivity index (χ4v) is 3.18. The van der Waals surface area contributed by atoms with Crippen LogP contribution in [0, 0.1) is 0 Å². The van der Waals surface area contributed by atoms with Crippen molar-refractivity contribution in [1.82, 2.24) is 9.62 Å². The maximum absolute atomic E-state index is 12.3. The zero-order chi connectivity index (χ0) is 16.6. The zero-order valence-electron chi connectivity index (χ0n) is 13.6. The van der Waals surface area contributed by atoms with Crippen LogP contribution in [0.2, 0.25) is 0 Å². The number of hydrogen-bond acceptors (Lipinski definition) is 3. The Hall–Kier alpha value is -1.40. The average Bonchev–Trinajstić information content (AvgIpc) is 2.49. The van der Waals surface area contributed by atoms with Gasteiger partial charge in [0.2, 0.25) is 15.9 Å². The van der Waals surface area contributed by atoms with Crippen molar-refractivity contribution in [2.75, 3.05) is 12.3 Å². The monoisotopic (exact) mass is 326 g/mol. The molecule has 5 nitrogen and oxygen atoms in total. The van der Waals surface area contributed by atoms with Crippen molar-refractivity contribution < 1.29 is 13.2 Å². The molecule has 6 heteroatoms. The molecule has 1 aromatic carbocycles. The molecule has 0 heterocycles. The van der Waals surface area contributed by atoms with E-state index < -0.39 is 10.0 Å². The van der Waals surface area contributed by atoms with Crippen molar-refractivity contribution in [3.8, 4) is 0 Å². The van der Waals surface area contributed by atoms with Crippen LogP contribution < -0.4 is 4.72 Å². The first kappa shape index (κ1) is 18.6. The lowest BCUT2D eigenvalue weighted by Gasteiger charge is -2.27. The minimum atomic E-state index is -3.37. The molecule has 0 fully saturated rings. The Morgan fingerprint density at radius 1 is 1.23 bits per heavy atom.